The number of carboxylic acids is 1. The van der Waals surface area contributed by atoms with E-state index in [1.54, 1.807) is 12.4 Å². The molecule has 0 saturated carbocycles. The number of nitrogens with zero attached hydrogens (tertiary/aromatic N) is 4. The molecule has 0 radical (unpaired) electrons. The van der Waals surface area contributed by atoms with Gasteiger partial charge in [0.15, 0.2) is 5.69 Å². The summed E-state index contributed by atoms with van der Waals surface area (Å²) in [6, 6.07) is 1.34. The minimum atomic E-state index is -1.08. The predicted molar refractivity (Wildman–Crippen MR) is 55.5 cm³/mol. The molecular weight excluding hydrogens is 208 g/mol. The lowest BCUT2D eigenvalue weighted by Gasteiger charge is -1.99. The summed E-state index contributed by atoms with van der Waals surface area (Å²) in [5.41, 5.74) is 1.00. The van der Waals surface area contributed by atoms with E-state index in [9.17, 15) is 4.79 Å². The maximum Gasteiger partial charge on any atom is 0.354 e. The normalized spacial score (nSPS) is 10.3. The van der Waals surface area contributed by atoms with E-state index >= 15 is 0 Å². The van der Waals surface area contributed by atoms with Crippen molar-refractivity contribution < 1.29 is 9.90 Å². The molecule has 2 aromatic heterocycles. The van der Waals surface area contributed by atoms with Crippen LogP contribution in [0.1, 0.15) is 23.0 Å². The molecule has 6 heteroatoms. The average Bonchev–Trinajstić information content (AvgIpc) is 2.77. The summed E-state index contributed by atoms with van der Waals surface area (Å²) in [5, 5.41) is 12.8. The molecule has 1 N–H and O–H groups in total. The second-order valence-corrected chi connectivity index (χ2v) is 3.19. The maximum absolute atomic E-state index is 10.7. The van der Waals surface area contributed by atoms with Crippen molar-refractivity contribution in [2.45, 2.75) is 13.3 Å². The van der Waals surface area contributed by atoms with E-state index in [4.69, 9.17) is 5.11 Å². The van der Waals surface area contributed by atoms with Crippen LogP contribution in [0.2, 0.25) is 0 Å². The van der Waals surface area contributed by atoms with Gasteiger partial charge in [0.25, 0.3) is 5.95 Å². The number of hydrogen-bond donors (Lipinski definition) is 1. The first-order valence-corrected chi connectivity index (χ1v) is 4.81. The molecule has 0 aromatic carbocycles. The van der Waals surface area contributed by atoms with Crippen molar-refractivity contribution in [3.63, 3.8) is 0 Å². The van der Waals surface area contributed by atoms with Gasteiger partial charge >= 0.3 is 5.97 Å². The molecule has 0 amide bonds. The van der Waals surface area contributed by atoms with E-state index in [2.05, 4.69) is 15.1 Å². The summed E-state index contributed by atoms with van der Waals surface area (Å²) in [5.74, 6) is -0.814. The molecule has 0 saturated heterocycles. The minimum absolute atomic E-state index is 0.0430. The largest absolute Gasteiger partial charge is 0.477 e. The van der Waals surface area contributed by atoms with Gasteiger partial charge in [0.2, 0.25) is 0 Å². The fourth-order valence-corrected chi connectivity index (χ4v) is 1.23. The Morgan fingerprint density at radius 1 is 1.56 bits per heavy atom. The second-order valence-electron chi connectivity index (χ2n) is 3.19. The van der Waals surface area contributed by atoms with Crippen LogP contribution in [0.3, 0.4) is 0 Å². The highest BCUT2D eigenvalue weighted by Gasteiger charge is 2.08. The fraction of sp³-hybridized carbons (Fsp3) is 0.200. The smallest absolute Gasteiger partial charge is 0.354 e. The molecule has 0 fully saturated rings. The van der Waals surface area contributed by atoms with Gasteiger partial charge in [-0.2, -0.15) is 5.10 Å². The molecule has 0 spiro atoms. The Bertz CT molecular complexity index is 521. The quantitative estimate of drug-likeness (QED) is 0.828. The number of aromatic nitrogens is 4. The standard InChI is InChI=1S/C10H10N4O2/c1-2-7-5-12-14(6-7)10-11-4-3-8(13-10)9(15)16/h3-6H,2H2,1H3,(H,15,16). The molecule has 2 rings (SSSR count). The molecule has 0 atom stereocenters. The van der Waals surface area contributed by atoms with E-state index in [1.165, 1.54) is 16.9 Å². The van der Waals surface area contributed by atoms with Crippen LogP contribution in [0.25, 0.3) is 5.95 Å². The minimum Gasteiger partial charge on any atom is -0.477 e. The van der Waals surface area contributed by atoms with Crippen molar-refractivity contribution in [3.05, 3.63) is 35.9 Å². The SMILES string of the molecule is CCc1cnn(-c2nccc(C(=O)O)n2)c1. The van der Waals surface area contributed by atoms with Gasteiger partial charge in [-0.3, -0.25) is 0 Å². The number of hydrogen-bond acceptors (Lipinski definition) is 4. The lowest BCUT2D eigenvalue weighted by molar-refractivity contribution is 0.0690. The van der Waals surface area contributed by atoms with Crippen LogP contribution in [-0.2, 0) is 6.42 Å². The van der Waals surface area contributed by atoms with Crippen molar-refractivity contribution >= 4 is 5.97 Å². The molecule has 0 aliphatic carbocycles. The summed E-state index contributed by atoms with van der Waals surface area (Å²) in [6.45, 7) is 2.01. The van der Waals surface area contributed by atoms with Crippen LogP contribution in [0.4, 0.5) is 0 Å². The summed E-state index contributed by atoms with van der Waals surface area (Å²) in [7, 11) is 0. The number of carbonyl (C=O) groups is 1. The summed E-state index contributed by atoms with van der Waals surface area (Å²) >= 11 is 0. The van der Waals surface area contributed by atoms with Gasteiger partial charge in [-0.1, -0.05) is 6.92 Å². The summed E-state index contributed by atoms with van der Waals surface area (Å²) in [4.78, 5) is 18.6. The first-order chi connectivity index (χ1) is 7.70. The Hall–Kier alpha value is -2.24. The number of aryl methyl sites for hydroxylation is 1. The third-order valence-electron chi connectivity index (χ3n) is 2.11. The zero-order valence-corrected chi connectivity index (χ0v) is 8.66. The maximum atomic E-state index is 10.7. The van der Waals surface area contributed by atoms with Gasteiger partial charge in [-0.05, 0) is 18.1 Å². The fourth-order valence-electron chi connectivity index (χ4n) is 1.23. The lowest BCUT2D eigenvalue weighted by Crippen LogP contribution is -2.07. The van der Waals surface area contributed by atoms with Crippen LogP contribution in [0.15, 0.2) is 24.7 Å². The molecule has 2 aromatic rings. The highest BCUT2D eigenvalue weighted by Crippen LogP contribution is 2.04. The predicted octanol–water partition coefficient (Wildman–Crippen LogP) is 0.923. The Morgan fingerprint density at radius 3 is 3.00 bits per heavy atom. The van der Waals surface area contributed by atoms with Crippen molar-refractivity contribution in [3.8, 4) is 5.95 Å². The van der Waals surface area contributed by atoms with Crippen LogP contribution in [0.5, 0.6) is 0 Å². The molecule has 82 valence electrons. The van der Waals surface area contributed by atoms with Gasteiger partial charge in [-0.15, -0.1) is 0 Å². The van der Waals surface area contributed by atoms with Crippen molar-refractivity contribution in [2.75, 3.05) is 0 Å². The molecule has 0 aliphatic heterocycles. The highest BCUT2D eigenvalue weighted by molar-refractivity contribution is 5.85. The average molecular weight is 218 g/mol. The molecule has 6 nitrogen and oxygen atoms in total. The van der Waals surface area contributed by atoms with E-state index in [1.807, 2.05) is 6.92 Å². The molecule has 0 unspecified atom stereocenters. The third kappa shape index (κ3) is 1.90. The third-order valence-corrected chi connectivity index (χ3v) is 2.11. The first kappa shape index (κ1) is 10.3. The molecule has 16 heavy (non-hydrogen) atoms. The van der Waals surface area contributed by atoms with Crippen molar-refractivity contribution in [2.24, 2.45) is 0 Å². The Morgan fingerprint density at radius 2 is 2.38 bits per heavy atom. The van der Waals surface area contributed by atoms with E-state index in [0.29, 0.717) is 0 Å². The van der Waals surface area contributed by atoms with E-state index in [0.717, 1.165) is 12.0 Å². The number of rotatable bonds is 3. The van der Waals surface area contributed by atoms with Crippen LogP contribution in [0, 0.1) is 0 Å². The van der Waals surface area contributed by atoms with E-state index in [-0.39, 0.29) is 11.6 Å². The Balaban J connectivity index is 2.40. The number of aromatic carboxylic acids is 1. The van der Waals surface area contributed by atoms with Gasteiger partial charge in [-0.25, -0.2) is 19.4 Å². The van der Waals surface area contributed by atoms with Crippen LogP contribution in [-0.4, -0.2) is 30.8 Å². The van der Waals surface area contributed by atoms with Gasteiger partial charge in [0.1, 0.15) is 0 Å². The van der Waals surface area contributed by atoms with Crippen LogP contribution < -0.4 is 0 Å². The molecular formula is C10H10N4O2. The van der Waals surface area contributed by atoms with Gasteiger partial charge in [0, 0.05) is 12.4 Å². The Labute approximate surface area is 91.6 Å². The molecule has 2 heterocycles. The second kappa shape index (κ2) is 4.09. The number of carboxylic acid groups (broad SMARTS) is 1. The summed E-state index contributed by atoms with van der Waals surface area (Å²) in [6.07, 6.45) is 5.75. The van der Waals surface area contributed by atoms with Gasteiger partial charge < -0.3 is 5.11 Å². The van der Waals surface area contributed by atoms with Crippen molar-refractivity contribution in [1.29, 1.82) is 0 Å². The van der Waals surface area contributed by atoms with Crippen LogP contribution >= 0.6 is 0 Å². The molecule has 0 bridgehead atoms. The summed E-state index contributed by atoms with van der Waals surface area (Å²) < 4.78 is 1.46. The topological polar surface area (TPSA) is 80.9 Å². The first-order valence-electron chi connectivity index (χ1n) is 4.81. The Kier molecular flexibility index (Phi) is 2.63. The van der Waals surface area contributed by atoms with Gasteiger partial charge in [0.05, 0.1) is 6.20 Å². The zero-order valence-electron chi connectivity index (χ0n) is 8.66. The highest BCUT2D eigenvalue weighted by atomic mass is 16.4. The molecule has 0 aliphatic rings. The lowest BCUT2D eigenvalue weighted by atomic mass is 10.3. The van der Waals surface area contributed by atoms with Crippen molar-refractivity contribution in [1.82, 2.24) is 19.7 Å². The monoisotopic (exact) mass is 218 g/mol. The zero-order chi connectivity index (χ0) is 11.5. The van der Waals surface area contributed by atoms with E-state index < -0.39 is 5.97 Å².